The number of hydrogen-bond acceptors (Lipinski definition) is 3. The first kappa shape index (κ1) is 12.7. The van der Waals surface area contributed by atoms with Crippen molar-refractivity contribution in [2.45, 2.75) is 44.2 Å². The Kier molecular flexibility index (Phi) is 3.31. The maximum absolute atomic E-state index is 12.6. The standard InChI is InChI=1S/C14H22N4O/c1-17-9-11(8-16-17)13-3-2-6-18(13)14(19)10-4-5-12(15)7-10/h8-10,12-13H,2-7,15H2,1H3. The maximum atomic E-state index is 12.6. The van der Waals surface area contributed by atoms with Crippen LogP contribution in [-0.4, -0.2) is 33.2 Å². The van der Waals surface area contributed by atoms with Gasteiger partial charge in [0.1, 0.15) is 0 Å². The Balaban J connectivity index is 1.74. The molecule has 2 heterocycles. The van der Waals surface area contributed by atoms with E-state index in [1.807, 2.05) is 24.1 Å². The molecule has 2 N–H and O–H groups in total. The van der Waals surface area contributed by atoms with Gasteiger partial charge >= 0.3 is 0 Å². The topological polar surface area (TPSA) is 64.2 Å². The minimum absolute atomic E-state index is 0.146. The second-order valence-electron chi connectivity index (χ2n) is 5.91. The first-order chi connectivity index (χ1) is 9.15. The number of hydrogen-bond donors (Lipinski definition) is 1. The maximum Gasteiger partial charge on any atom is 0.226 e. The molecule has 3 rings (SSSR count). The summed E-state index contributed by atoms with van der Waals surface area (Å²) in [6.45, 7) is 0.879. The van der Waals surface area contributed by atoms with Crippen LogP contribution in [0.15, 0.2) is 12.4 Å². The number of rotatable bonds is 2. The Labute approximate surface area is 113 Å². The highest BCUT2D eigenvalue weighted by molar-refractivity contribution is 5.80. The number of aromatic nitrogens is 2. The molecule has 2 aliphatic rings. The van der Waals surface area contributed by atoms with Gasteiger partial charge in [0.15, 0.2) is 0 Å². The van der Waals surface area contributed by atoms with Crippen LogP contribution in [0.1, 0.15) is 43.7 Å². The third-order valence-corrected chi connectivity index (χ3v) is 4.47. The normalized spacial score (nSPS) is 31.1. The van der Waals surface area contributed by atoms with Crippen molar-refractivity contribution in [3.05, 3.63) is 18.0 Å². The van der Waals surface area contributed by atoms with Crippen molar-refractivity contribution in [2.75, 3.05) is 6.54 Å². The summed E-state index contributed by atoms with van der Waals surface area (Å²) >= 11 is 0. The summed E-state index contributed by atoms with van der Waals surface area (Å²) in [5, 5.41) is 4.22. The van der Waals surface area contributed by atoms with Crippen molar-refractivity contribution in [3.8, 4) is 0 Å². The van der Waals surface area contributed by atoms with Gasteiger partial charge in [0.25, 0.3) is 0 Å². The zero-order valence-corrected chi connectivity index (χ0v) is 11.5. The lowest BCUT2D eigenvalue weighted by molar-refractivity contribution is -0.136. The predicted octanol–water partition coefficient (Wildman–Crippen LogP) is 1.21. The second kappa shape index (κ2) is 4.96. The van der Waals surface area contributed by atoms with Crippen LogP contribution in [-0.2, 0) is 11.8 Å². The van der Waals surface area contributed by atoms with Gasteiger partial charge in [-0.2, -0.15) is 5.10 Å². The van der Waals surface area contributed by atoms with Crippen molar-refractivity contribution in [1.82, 2.24) is 14.7 Å². The molecule has 5 nitrogen and oxygen atoms in total. The molecule has 1 aromatic heterocycles. The Morgan fingerprint density at radius 2 is 2.26 bits per heavy atom. The number of amides is 1. The van der Waals surface area contributed by atoms with Crippen molar-refractivity contribution in [2.24, 2.45) is 18.7 Å². The largest absolute Gasteiger partial charge is 0.335 e. The smallest absolute Gasteiger partial charge is 0.226 e. The van der Waals surface area contributed by atoms with Gasteiger partial charge in [-0.05, 0) is 32.1 Å². The first-order valence-corrected chi connectivity index (χ1v) is 7.20. The monoisotopic (exact) mass is 262 g/mol. The number of aryl methyl sites for hydroxylation is 1. The van der Waals surface area contributed by atoms with Crippen molar-refractivity contribution < 1.29 is 4.79 Å². The van der Waals surface area contributed by atoms with Crippen LogP contribution in [0.5, 0.6) is 0 Å². The van der Waals surface area contributed by atoms with Crippen LogP contribution >= 0.6 is 0 Å². The van der Waals surface area contributed by atoms with Crippen LogP contribution in [0.25, 0.3) is 0 Å². The fraction of sp³-hybridized carbons (Fsp3) is 0.714. The molecule has 3 atom stereocenters. The molecule has 0 bridgehead atoms. The van der Waals surface area contributed by atoms with E-state index in [9.17, 15) is 4.79 Å². The summed E-state index contributed by atoms with van der Waals surface area (Å²) in [6, 6.07) is 0.436. The Morgan fingerprint density at radius 1 is 1.42 bits per heavy atom. The lowest BCUT2D eigenvalue weighted by atomic mass is 10.0. The fourth-order valence-electron chi connectivity index (χ4n) is 3.46. The highest BCUT2D eigenvalue weighted by Crippen LogP contribution is 2.35. The number of nitrogens with zero attached hydrogens (tertiary/aromatic N) is 3. The number of nitrogens with two attached hydrogens (primary N) is 1. The van der Waals surface area contributed by atoms with Crippen LogP contribution in [0.4, 0.5) is 0 Å². The predicted molar refractivity (Wildman–Crippen MR) is 72.2 cm³/mol. The molecule has 0 radical (unpaired) electrons. The molecule has 3 unspecified atom stereocenters. The molecule has 19 heavy (non-hydrogen) atoms. The van der Waals surface area contributed by atoms with Gasteiger partial charge < -0.3 is 10.6 Å². The van der Waals surface area contributed by atoms with E-state index in [0.29, 0.717) is 5.91 Å². The number of likely N-dealkylation sites (tertiary alicyclic amines) is 1. The summed E-state index contributed by atoms with van der Waals surface area (Å²) in [4.78, 5) is 14.7. The molecule has 1 saturated heterocycles. The quantitative estimate of drug-likeness (QED) is 0.871. The summed E-state index contributed by atoms with van der Waals surface area (Å²) in [6.07, 6.45) is 8.85. The van der Waals surface area contributed by atoms with E-state index in [1.165, 1.54) is 0 Å². The zero-order valence-electron chi connectivity index (χ0n) is 11.5. The van der Waals surface area contributed by atoms with Crippen molar-refractivity contribution in [3.63, 3.8) is 0 Å². The van der Waals surface area contributed by atoms with E-state index >= 15 is 0 Å². The first-order valence-electron chi connectivity index (χ1n) is 7.20. The Bertz CT molecular complexity index is 470. The molecule has 0 spiro atoms. The van der Waals surface area contributed by atoms with Gasteiger partial charge in [-0.1, -0.05) is 0 Å². The van der Waals surface area contributed by atoms with E-state index in [1.54, 1.807) is 0 Å². The van der Waals surface area contributed by atoms with Crippen LogP contribution in [0, 0.1) is 5.92 Å². The highest BCUT2D eigenvalue weighted by Gasteiger charge is 2.37. The van der Waals surface area contributed by atoms with Gasteiger partial charge in [-0.25, -0.2) is 0 Å². The Morgan fingerprint density at radius 3 is 2.89 bits per heavy atom. The summed E-state index contributed by atoms with van der Waals surface area (Å²) in [5.41, 5.74) is 7.09. The molecule has 1 aromatic rings. The molecule has 1 aliphatic heterocycles. The van der Waals surface area contributed by atoms with Crippen molar-refractivity contribution >= 4 is 5.91 Å². The lowest BCUT2D eigenvalue weighted by Gasteiger charge is -2.26. The van der Waals surface area contributed by atoms with E-state index in [4.69, 9.17) is 5.73 Å². The fourth-order valence-corrected chi connectivity index (χ4v) is 3.46. The highest BCUT2D eigenvalue weighted by atomic mass is 16.2. The van der Waals surface area contributed by atoms with Gasteiger partial charge in [-0.3, -0.25) is 9.48 Å². The van der Waals surface area contributed by atoms with Crippen LogP contribution in [0.3, 0.4) is 0 Å². The number of carbonyl (C=O) groups excluding carboxylic acids is 1. The molecular weight excluding hydrogens is 240 g/mol. The molecule has 2 fully saturated rings. The van der Waals surface area contributed by atoms with Gasteiger partial charge in [0.2, 0.25) is 5.91 Å². The van der Waals surface area contributed by atoms with Gasteiger partial charge in [0, 0.05) is 37.3 Å². The molecule has 1 amide bonds. The zero-order chi connectivity index (χ0) is 13.4. The second-order valence-corrected chi connectivity index (χ2v) is 5.91. The molecule has 0 aromatic carbocycles. The van der Waals surface area contributed by atoms with Crippen LogP contribution < -0.4 is 5.73 Å². The summed E-state index contributed by atoms with van der Waals surface area (Å²) in [5.74, 6) is 0.451. The summed E-state index contributed by atoms with van der Waals surface area (Å²) in [7, 11) is 1.92. The number of carbonyl (C=O) groups is 1. The SMILES string of the molecule is Cn1cc(C2CCCN2C(=O)C2CCC(N)C2)cn1. The average Bonchev–Trinajstić information content (AvgIpc) is 3.07. The molecular formula is C14H22N4O. The van der Waals surface area contributed by atoms with Gasteiger partial charge in [-0.15, -0.1) is 0 Å². The molecule has 1 saturated carbocycles. The molecule has 104 valence electrons. The average molecular weight is 262 g/mol. The van der Waals surface area contributed by atoms with E-state index < -0.39 is 0 Å². The van der Waals surface area contributed by atoms with Gasteiger partial charge in [0.05, 0.1) is 12.2 Å². The third kappa shape index (κ3) is 2.39. The minimum atomic E-state index is 0.146. The van der Waals surface area contributed by atoms with E-state index in [2.05, 4.69) is 10.00 Å². The molecule has 1 aliphatic carbocycles. The van der Waals surface area contributed by atoms with E-state index in [-0.39, 0.29) is 18.0 Å². The minimum Gasteiger partial charge on any atom is -0.335 e. The lowest BCUT2D eigenvalue weighted by Crippen LogP contribution is -2.35. The van der Waals surface area contributed by atoms with E-state index in [0.717, 1.165) is 44.2 Å². The Hall–Kier alpha value is -1.36. The van der Waals surface area contributed by atoms with Crippen LogP contribution in [0.2, 0.25) is 0 Å². The molecule has 5 heteroatoms. The third-order valence-electron chi connectivity index (χ3n) is 4.47. The summed E-state index contributed by atoms with van der Waals surface area (Å²) < 4.78 is 1.81. The van der Waals surface area contributed by atoms with Crippen molar-refractivity contribution in [1.29, 1.82) is 0 Å².